The van der Waals surface area contributed by atoms with Crippen LogP contribution >= 0.6 is 23.8 Å². The van der Waals surface area contributed by atoms with E-state index in [1.165, 1.54) is 0 Å². The Balaban J connectivity index is 1.88. The molecule has 0 fully saturated rings. The monoisotopic (exact) mass is 277 g/mol. The molecule has 0 unspecified atom stereocenters. The maximum atomic E-state index is 6.02. The lowest BCUT2D eigenvalue weighted by atomic mass is 10.3. The number of rotatable bonds is 3. The molecular formula is C13H12ClN3S. The zero-order valence-electron chi connectivity index (χ0n) is 9.48. The van der Waals surface area contributed by atoms with Crippen molar-refractivity contribution in [2.24, 2.45) is 0 Å². The summed E-state index contributed by atoms with van der Waals surface area (Å²) < 4.78 is 0. The molecule has 0 aliphatic rings. The second kappa shape index (κ2) is 6.23. The number of para-hydroxylation sites is 2. The van der Waals surface area contributed by atoms with E-state index in [-0.39, 0.29) is 0 Å². The Morgan fingerprint density at radius 2 is 1.61 bits per heavy atom. The minimum absolute atomic E-state index is 0.451. The summed E-state index contributed by atoms with van der Waals surface area (Å²) in [7, 11) is 0. The molecule has 0 aromatic heterocycles. The van der Waals surface area contributed by atoms with E-state index < -0.39 is 0 Å². The van der Waals surface area contributed by atoms with Gasteiger partial charge < -0.3 is 5.32 Å². The third-order valence-corrected chi connectivity index (χ3v) is 2.75. The smallest absolute Gasteiger partial charge is 0.189 e. The van der Waals surface area contributed by atoms with Crippen molar-refractivity contribution in [2.45, 2.75) is 0 Å². The lowest BCUT2D eigenvalue weighted by molar-refractivity contribution is 1.14. The van der Waals surface area contributed by atoms with Crippen molar-refractivity contribution in [3.8, 4) is 0 Å². The Morgan fingerprint density at radius 1 is 0.944 bits per heavy atom. The van der Waals surface area contributed by atoms with E-state index in [9.17, 15) is 0 Å². The Kier molecular flexibility index (Phi) is 4.39. The van der Waals surface area contributed by atoms with E-state index in [0.29, 0.717) is 10.1 Å². The molecule has 0 radical (unpaired) electrons. The van der Waals surface area contributed by atoms with Gasteiger partial charge in [0, 0.05) is 0 Å². The second-order valence-corrected chi connectivity index (χ2v) is 4.37. The molecule has 0 saturated carbocycles. The summed E-state index contributed by atoms with van der Waals surface area (Å²) in [4.78, 5) is 0. The molecule has 5 heteroatoms. The van der Waals surface area contributed by atoms with E-state index in [0.717, 1.165) is 11.4 Å². The number of hydrazine groups is 1. The SMILES string of the molecule is S=C(NNc1ccccc1)Nc1ccccc1Cl. The lowest BCUT2D eigenvalue weighted by Crippen LogP contribution is -2.33. The molecule has 0 saturated heterocycles. The van der Waals surface area contributed by atoms with Crippen molar-refractivity contribution in [2.75, 3.05) is 10.7 Å². The molecule has 2 rings (SSSR count). The number of thiocarbonyl (C=S) groups is 1. The zero-order chi connectivity index (χ0) is 12.8. The van der Waals surface area contributed by atoms with Crippen molar-refractivity contribution in [1.29, 1.82) is 0 Å². The van der Waals surface area contributed by atoms with Crippen LogP contribution < -0.4 is 16.2 Å². The summed E-state index contributed by atoms with van der Waals surface area (Å²) in [6.07, 6.45) is 0. The first-order valence-electron chi connectivity index (χ1n) is 5.38. The number of anilines is 2. The highest BCUT2D eigenvalue weighted by Gasteiger charge is 2.00. The standard InChI is InChI=1S/C13H12ClN3S/c14-11-8-4-5-9-12(11)15-13(18)17-16-10-6-2-1-3-7-10/h1-9,16H,(H2,15,17,18). The molecule has 0 atom stereocenters. The molecule has 18 heavy (non-hydrogen) atoms. The third kappa shape index (κ3) is 3.61. The van der Waals surface area contributed by atoms with Crippen molar-refractivity contribution < 1.29 is 0 Å². The summed E-state index contributed by atoms with van der Waals surface area (Å²) in [5.74, 6) is 0. The molecule has 0 aliphatic carbocycles. The Hall–Kier alpha value is -1.78. The minimum Gasteiger partial charge on any atom is -0.330 e. The van der Waals surface area contributed by atoms with Gasteiger partial charge in [-0.25, -0.2) is 0 Å². The molecule has 3 nitrogen and oxygen atoms in total. The summed E-state index contributed by atoms with van der Waals surface area (Å²) >= 11 is 11.2. The van der Waals surface area contributed by atoms with Crippen LogP contribution in [0.5, 0.6) is 0 Å². The molecular weight excluding hydrogens is 266 g/mol. The van der Waals surface area contributed by atoms with Crippen LogP contribution in [0.3, 0.4) is 0 Å². The predicted molar refractivity (Wildman–Crippen MR) is 80.9 cm³/mol. The first-order chi connectivity index (χ1) is 8.75. The van der Waals surface area contributed by atoms with Gasteiger partial charge in [-0.3, -0.25) is 10.9 Å². The van der Waals surface area contributed by atoms with E-state index in [1.54, 1.807) is 6.07 Å². The van der Waals surface area contributed by atoms with Gasteiger partial charge in [-0.05, 0) is 36.5 Å². The number of halogens is 1. The Morgan fingerprint density at radius 3 is 2.33 bits per heavy atom. The van der Waals surface area contributed by atoms with Crippen molar-refractivity contribution >= 4 is 40.3 Å². The molecule has 2 aromatic rings. The number of nitrogens with one attached hydrogen (secondary N) is 3. The quantitative estimate of drug-likeness (QED) is 0.591. The van der Waals surface area contributed by atoms with E-state index in [1.807, 2.05) is 48.5 Å². The fourth-order valence-corrected chi connectivity index (χ4v) is 1.71. The van der Waals surface area contributed by atoms with E-state index in [2.05, 4.69) is 16.2 Å². The summed E-state index contributed by atoms with van der Waals surface area (Å²) in [5.41, 5.74) is 7.57. The van der Waals surface area contributed by atoms with Gasteiger partial charge in [0.2, 0.25) is 0 Å². The van der Waals surface area contributed by atoms with Crippen molar-refractivity contribution in [1.82, 2.24) is 5.43 Å². The average Bonchev–Trinajstić information content (AvgIpc) is 2.40. The normalized spacial score (nSPS) is 9.61. The summed E-state index contributed by atoms with van der Waals surface area (Å²) in [5, 5.41) is 4.08. The van der Waals surface area contributed by atoms with Gasteiger partial charge in [-0.15, -0.1) is 0 Å². The topological polar surface area (TPSA) is 36.1 Å². The molecule has 0 bridgehead atoms. The largest absolute Gasteiger partial charge is 0.330 e. The highest BCUT2D eigenvalue weighted by Crippen LogP contribution is 2.20. The van der Waals surface area contributed by atoms with E-state index >= 15 is 0 Å². The van der Waals surface area contributed by atoms with Crippen LogP contribution in [0.1, 0.15) is 0 Å². The maximum absolute atomic E-state index is 6.02. The van der Waals surface area contributed by atoms with Gasteiger partial charge in [0.05, 0.1) is 16.4 Å². The minimum atomic E-state index is 0.451. The number of hydrogen-bond acceptors (Lipinski definition) is 2. The second-order valence-electron chi connectivity index (χ2n) is 3.55. The van der Waals surface area contributed by atoms with Gasteiger partial charge in [0.1, 0.15) is 0 Å². The first kappa shape index (κ1) is 12.7. The van der Waals surface area contributed by atoms with Crippen LogP contribution in [0.4, 0.5) is 11.4 Å². The van der Waals surface area contributed by atoms with Crippen molar-refractivity contribution in [3.05, 3.63) is 59.6 Å². The molecule has 0 aliphatic heterocycles. The van der Waals surface area contributed by atoms with Crippen LogP contribution in [-0.4, -0.2) is 5.11 Å². The highest BCUT2D eigenvalue weighted by atomic mass is 35.5. The highest BCUT2D eigenvalue weighted by molar-refractivity contribution is 7.80. The summed E-state index contributed by atoms with van der Waals surface area (Å²) in [6, 6.07) is 17.1. The summed E-state index contributed by atoms with van der Waals surface area (Å²) in [6.45, 7) is 0. The fraction of sp³-hybridized carbons (Fsp3) is 0. The molecule has 0 spiro atoms. The molecule has 3 N–H and O–H groups in total. The molecule has 92 valence electrons. The third-order valence-electron chi connectivity index (χ3n) is 2.22. The average molecular weight is 278 g/mol. The fourth-order valence-electron chi connectivity index (χ4n) is 1.37. The molecule has 0 amide bonds. The van der Waals surface area contributed by atoms with Gasteiger partial charge >= 0.3 is 0 Å². The van der Waals surface area contributed by atoms with Gasteiger partial charge in [0.15, 0.2) is 5.11 Å². The van der Waals surface area contributed by atoms with Crippen molar-refractivity contribution in [3.63, 3.8) is 0 Å². The van der Waals surface area contributed by atoms with Gasteiger partial charge in [0.25, 0.3) is 0 Å². The zero-order valence-corrected chi connectivity index (χ0v) is 11.1. The van der Waals surface area contributed by atoms with Crippen LogP contribution in [-0.2, 0) is 0 Å². The van der Waals surface area contributed by atoms with E-state index in [4.69, 9.17) is 23.8 Å². The first-order valence-corrected chi connectivity index (χ1v) is 6.17. The van der Waals surface area contributed by atoms with Crippen LogP contribution in [0.15, 0.2) is 54.6 Å². The predicted octanol–water partition coefficient (Wildman–Crippen LogP) is 3.65. The lowest BCUT2D eigenvalue weighted by Gasteiger charge is -2.13. The Labute approximate surface area is 116 Å². The number of hydrogen-bond donors (Lipinski definition) is 3. The van der Waals surface area contributed by atoms with Crippen LogP contribution in [0.25, 0.3) is 0 Å². The van der Waals surface area contributed by atoms with Gasteiger partial charge in [-0.1, -0.05) is 41.9 Å². The van der Waals surface area contributed by atoms with Crippen LogP contribution in [0.2, 0.25) is 5.02 Å². The molecule has 2 aromatic carbocycles. The van der Waals surface area contributed by atoms with Gasteiger partial charge in [-0.2, -0.15) is 0 Å². The maximum Gasteiger partial charge on any atom is 0.189 e. The van der Waals surface area contributed by atoms with Crippen LogP contribution in [0, 0.1) is 0 Å². The Bertz CT molecular complexity index is 531. The molecule has 0 heterocycles. The number of benzene rings is 2.